The third-order valence-corrected chi connectivity index (χ3v) is 6.19. The van der Waals surface area contributed by atoms with Crippen molar-refractivity contribution in [2.24, 2.45) is 0 Å². The number of alkyl halides is 3. The summed E-state index contributed by atoms with van der Waals surface area (Å²) in [5.74, 6) is -4.01. The van der Waals surface area contributed by atoms with Gasteiger partial charge in [-0.15, -0.1) is 0 Å². The van der Waals surface area contributed by atoms with E-state index >= 15 is 0 Å². The zero-order valence-corrected chi connectivity index (χ0v) is 25.5. The van der Waals surface area contributed by atoms with E-state index in [0.717, 1.165) is 12.1 Å². The Balaban J connectivity index is 1.96. The third-order valence-electron chi connectivity index (χ3n) is 6.19. The predicted octanol–water partition coefficient (Wildman–Crippen LogP) is 6.73. The van der Waals surface area contributed by atoms with Crippen LogP contribution in [-0.2, 0) is 27.5 Å². The van der Waals surface area contributed by atoms with Gasteiger partial charge < -0.3 is 24.4 Å². The fraction of sp³-hybridized carbons (Fsp3) is 0.344. The smallest absolute Gasteiger partial charge is 0.471 e. The monoisotopic (exact) mass is 645 g/mol. The first-order chi connectivity index (χ1) is 21.7. The van der Waals surface area contributed by atoms with Gasteiger partial charge in [0.1, 0.15) is 24.4 Å². The first kappa shape index (κ1) is 35.3. The zero-order chi connectivity index (χ0) is 33.9. The van der Waals surface area contributed by atoms with Gasteiger partial charge in [-0.25, -0.2) is 9.59 Å². The average molecular weight is 646 g/mol. The van der Waals surface area contributed by atoms with E-state index in [4.69, 9.17) is 14.2 Å². The molecule has 14 heteroatoms. The van der Waals surface area contributed by atoms with Crippen molar-refractivity contribution in [1.82, 2.24) is 5.32 Å². The normalized spacial score (nSPS) is 11.3. The van der Waals surface area contributed by atoms with E-state index in [2.05, 4.69) is 5.32 Å². The number of amides is 2. The molecule has 0 radical (unpaired) electrons. The van der Waals surface area contributed by atoms with Crippen LogP contribution in [0.4, 0.5) is 29.3 Å². The molecule has 0 bridgehead atoms. The van der Waals surface area contributed by atoms with Crippen LogP contribution in [0.1, 0.15) is 55.1 Å². The number of unbranched alkanes of at least 4 members (excludes halogenated alkanes) is 1. The zero-order valence-electron chi connectivity index (χ0n) is 25.5. The van der Waals surface area contributed by atoms with E-state index < -0.39 is 63.9 Å². The van der Waals surface area contributed by atoms with Crippen LogP contribution < -0.4 is 15.0 Å². The van der Waals surface area contributed by atoms with Crippen molar-refractivity contribution in [2.75, 3.05) is 18.0 Å². The van der Waals surface area contributed by atoms with Crippen LogP contribution in [0.5, 0.6) is 5.75 Å². The Hall–Kier alpha value is -5.14. The number of hydrogen-bond acceptors (Lipinski definition) is 8. The van der Waals surface area contributed by atoms with Gasteiger partial charge in [-0.2, -0.15) is 13.2 Å². The Morgan fingerprint density at radius 1 is 0.891 bits per heavy atom. The maximum atomic E-state index is 13.8. The molecule has 3 rings (SSSR count). The largest absolute Gasteiger partial charge is 0.482 e. The van der Waals surface area contributed by atoms with E-state index in [0.29, 0.717) is 16.0 Å². The summed E-state index contributed by atoms with van der Waals surface area (Å²) in [5, 5.41) is 14.7. The molecule has 3 aromatic rings. The number of benzene rings is 3. The molecule has 0 saturated carbocycles. The maximum absolute atomic E-state index is 13.8. The van der Waals surface area contributed by atoms with E-state index in [1.165, 1.54) is 0 Å². The molecule has 0 aliphatic heterocycles. The van der Waals surface area contributed by atoms with E-state index in [1.807, 2.05) is 0 Å². The van der Waals surface area contributed by atoms with Crippen LogP contribution in [0, 0.1) is 10.1 Å². The van der Waals surface area contributed by atoms with Crippen molar-refractivity contribution in [3.05, 3.63) is 99.6 Å². The predicted molar refractivity (Wildman–Crippen MR) is 161 cm³/mol. The molecular formula is C32H34F3N3O8. The number of anilines is 1. The van der Waals surface area contributed by atoms with Gasteiger partial charge >= 0.3 is 29.8 Å². The lowest BCUT2D eigenvalue weighted by atomic mass is 10.1. The van der Waals surface area contributed by atoms with Gasteiger partial charge in [-0.05, 0) is 50.8 Å². The number of hydrogen-bond donors (Lipinski definition) is 1. The number of esters is 1. The Kier molecular flexibility index (Phi) is 12.1. The highest BCUT2D eigenvalue weighted by Crippen LogP contribution is 2.38. The van der Waals surface area contributed by atoms with Crippen LogP contribution >= 0.6 is 0 Å². The summed E-state index contributed by atoms with van der Waals surface area (Å²) in [6, 6.07) is 18.6. The lowest BCUT2D eigenvalue weighted by Crippen LogP contribution is -2.42. The first-order valence-electron chi connectivity index (χ1n) is 14.2. The first-order valence-corrected chi connectivity index (χ1v) is 14.2. The Bertz CT molecular complexity index is 1510. The van der Waals surface area contributed by atoms with Crippen molar-refractivity contribution in [3.63, 3.8) is 0 Å². The summed E-state index contributed by atoms with van der Waals surface area (Å²) in [5.41, 5.74) is -1.62. The number of nitro groups is 1. The quantitative estimate of drug-likeness (QED) is 0.0935. The summed E-state index contributed by atoms with van der Waals surface area (Å²) in [7, 11) is 0. The molecule has 0 aromatic heterocycles. The second-order valence-corrected chi connectivity index (χ2v) is 11.0. The Morgan fingerprint density at radius 2 is 1.48 bits per heavy atom. The highest BCUT2D eigenvalue weighted by atomic mass is 19.4. The Morgan fingerprint density at radius 3 is 2.02 bits per heavy atom. The molecule has 0 heterocycles. The number of alkyl carbamates (subject to hydrolysis) is 1. The summed E-state index contributed by atoms with van der Waals surface area (Å²) in [6.07, 6.45) is -5.92. The van der Waals surface area contributed by atoms with E-state index in [-0.39, 0.29) is 32.6 Å². The number of nitrogens with zero attached hydrogens (tertiary/aromatic N) is 2. The molecule has 1 N–H and O–H groups in total. The van der Waals surface area contributed by atoms with Gasteiger partial charge in [-0.3, -0.25) is 14.9 Å². The summed E-state index contributed by atoms with van der Waals surface area (Å²) < 4.78 is 57.4. The molecule has 246 valence electrons. The second-order valence-electron chi connectivity index (χ2n) is 11.0. The standard InChI is InChI=1S/C32H34F3N3O8/c1-31(2,3)46-30(41)36-16-10-11-17-37(29(40)32(33,34)35)24-18-25(28(39)45-21-23-14-8-5-9-15-23)27(38(42)43)26(19-24)44-20-22-12-6-4-7-13-22/h4-9,12-15,18-19H,10-11,16-17,20-21H2,1-3H3,(H,36,41). The van der Waals surface area contributed by atoms with Crippen molar-refractivity contribution >= 4 is 29.3 Å². The van der Waals surface area contributed by atoms with Gasteiger partial charge in [0.05, 0.1) is 4.92 Å². The minimum absolute atomic E-state index is 0.0252. The topological polar surface area (TPSA) is 137 Å². The second kappa shape index (κ2) is 15.7. The number of halogens is 3. The van der Waals surface area contributed by atoms with Crippen molar-refractivity contribution in [1.29, 1.82) is 0 Å². The highest BCUT2D eigenvalue weighted by Gasteiger charge is 2.44. The maximum Gasteiger partial charge on any atom is 0.471 e. The molecule has 3 aromatic carbocycles. The van der Waals surface area contributed by atoms with Crippen molar-refractivity contribution < 1.29 is 46.7 Å². The molecule has 0 saturated heterocycles. The van der Waals surface area contributed by atoms with Crippen LogP contribution in [0.15, 0.2) is 72.8 Å². The molecule has 0 spiro atoms. The highest BCUT2D eigenvalue weighted by molar-refractivity contribution is 6.01. The molecule has 2 amide bonds. The lowest BCUT2D eigenvalue weighted by molar-refractivity contribution is -0.386. The number of nitro benzene ring substituents is 1. The van der Waals surface area contributed by atoms with Gasteiger partial charge in [0.2, 0.25) is 0 Å². The van der Waals surface area contributed by atoms with Crippen LogP contribution in [0.3, 0.4) is 0 Å². The lowest BCUT2D eigenvalue weighted by Gasteiger charge is -2.25. The average Bonchev–Trinajstić information content (AvgIpc) is 2.99. The van der Waals surface area contributed by atoms with Crippen LogP contribution in [-0.4, -0.2) is 47.8 Å². The number of ether oxygens (including phenoxy) is 3. The molecule has 0 fully saturated rings. The molecule has 0 aliphatic rings. The van der Waals surface area contributed by atoms with Gasteiger partial charge in [0.15, 0.2) is 5.75 Å². The van der Waals surface area contributed by atoms with Crippen molar-refractivity contribution in [2.45, 2.75) is 58.6 Å². The SMILES string of the molecule is CC(C)(C)OC(=O)NCCCCN(C(=O)C(F)(F)F)c1cc(OCc2ccccc2)c([N+](=O)[O-])c(C(=O)OCc2ccccc2)c1. The number of carbonyl (C=O) groups excluding carboxylic acids is 3. The fourth-order valence-electron chi connectivity index (χ4n) is 4.14. The van der Waals surface area contributed by atoms with E-state index in [1.54, 1.807) is 81.4 Å². The minimum atomic E-state index is -5.32. The number of rotatable bonds is 13. The summed E-state index contributed by atoms with van der Waals surface area (Å²) in [4.78, 5) is 49.4. The number of nitrogens with one attached hydrogen (secondary N) is 1. The molecule has 11 nitrogen and oxygen atoms in total. The van der Waals surface area contributed by atoms with Gasteiger partial charge in [0, 0.05) is 24.8 Å². The van der Waals surface area contributed by atoms with Gasteiger partial charge in [-0.1, -0.05) is 60.7 Å². The van der Waals surface area contributed by atoms with E-state index in [9.17, 15) is 37.7 Å². The third kappa shape index (κ3) is 10.8. The number of carbonyl (C=O) groups is 3. The van der Waals surface area contributed by atoms with Crippen LogP contribution in [0.25, 0.3) is 0 Å². The van der Waals surface area contributed by atoms with Crippen molar-refractivity contribution in [3.8, 4) is 5.75 Å². The summed E-state index contributed by atoms with van der Waals surface area (Å²) >= 11 is 0. The van der Waals surface area contributed by atoms with Crippen LogP contribution in [0.2, 0.25) is 0 Å². The Labute approximate surface area is 263 Å². The summed E-state index contributed by atoms with van der Waals surface area (Å²) in [6.45, 7) is 4.02. The fourth-order valence-corrected chi connectivity index (χ4v) is 4.14. The molecular weight excluding hydrogens is 611 g/mol. The van der Waals surface area contributed by atoms with Gasteiger partial charge in [0.25, 0.3) is 0 Å². The molecule has 0 unspecified atom stereocenters. The minimum Gasteiger partial charge on any atom is -0.482 e. The molecule has 0 aliphatic carbocycles. The molecule has 46 heavy (non-hydrogen) atoms. The molecule has 0 atom stereocenters.